The van der Waals surface area contributed by atoms with Crippen LogP contribution in [0.2, 0.25) is 39.3 Å². The van der Waals surface area contributed by atoms with E-state index in [9.17, 15) is 0 Å². The molecule has 0 spiro atoms. The Morgan fingerprint density at radius 3 is 1.65 bits per heavy atom. The molecule has 0 aromatic carbocycles. The summed E-state index contributed by atoms with van der Waals surface area (Å²) in [7, 11) is 1.41. The van der Waals surface area contributed by atoms with Crippen LogP contribution >= 0.6 is 0 Å². The summed E-state index contributed by atoms with van der Waals surface area (Å²) in [6, 6.07) is 0. The maximum Gasteiger partial charge on any atom is 0.187 e. The zero-order valence-electron chi connectivity index (χ0n) is 16.0. The van der Waals surface area contributed by atoms with Crippen molar-refractivity contribution in [2.45, 2.75) is 70.0 Å². The zero-order valence-corrected chi connectivity index (χ0v) is 18.0. The molecule has 5 atom stereocenters. The molecule has 0 radical (unpaired) electrons. The number of hydrogen-bond donors (Lipinski definition) is 0. The van der Waals surface area contributed by atoms with Gasteiger partial charge in [-0.3, -0.25) is 0 Å². The second-order valence-corrected chi connectivity index (χ2v) is 16.7. The first kappa shape index (κ1) is 21.2. The Morgan fingerprint density at radius 1 is 0.739 bits per heavy atom. The first-order chi connectivity index (χ1) is 10.5. The highest BCUT2D eigenvalue weighted by atomic mass is 28.4. The van der Waals surface area contributed by atoms with Crippen LogP contribution in [0.5, 0.6) is 0 Å². The third-order valence-electron chi connectivity index (χ3n) is 3.43. The van der Waals surface area contributed by atoms with Crippen molar-refractivity contribution in [1.82, 2.24) is 0 Å². The summed E-state index contributed by atoms with van der Waals surface area (Å²) < 4.78 is 35.4. The monoisotopic (exact) mass is 366 g/mol. The molecule has 8 heteroatoms. The number of hydrogen-bond acceptors (Lipinski definition) is 6. The Morgan fingerprint density at radius 2 is 1.26 bits per heavy atom. The van der Waals surface area contributed by atoms with Crippen LogP contribution in [0, 0.1) is 0 Å². The van der Waals surface area contributed by atoms with Crippen molar-refractivity contribution >= 4 is 16.6 Å². The van der Waals surface area contributed by atoms with Crippen molar-refractivity contribution in [3.05, 3.63) is 0 Å². The second-order valence-electron chi connectivity index (χ2n) is 7.82. The van der Waals surface area contributed by atoms with Crippen LogP contribution in [0.25, 0.3) is 0 Å². The van der Waals surface area contributed by atoms with Gasteiger partial charge < -0.3 is 27.8 Å². The molecule has 1 saturated heterocycles. The lowest BCUT2D eigenvalue weighted by molar-refractivity contribution is -0.287. The molecule has 23 heavy (non-hydrogen) atoms. The smallest absolute Gasteiger partial charge is 0.187 e. The van der Waals surface area contributed by atoms with Crippen molar-refractivity contribution in [3.8, 4) is 0 Å². The fourth-order valence-electron chi connectivity index (χ4n) is 2.69. The largest absolute Gasteiger partial charge is 0.409 e. The molecule has 1 fully saturated rings. The number of rotatable bonds is 8. The topological polar surface area (TPSA) is 55.4 Å². The highest BCUT2D eigenvalue weighted by Gasteiger charge is 2.49. The molecule has 1 unspecified atom stereocenters. The average molecular weight is 367 g/mol. The van der Waals surface area contributed by atoms with E-state index in [4.69, 9.17) is 27.8 Å². The molecule has 0 amide bonds. The van der Waals surface area contributed by atoms with E-state index >= 15 is 0 Å². The van der Waals surface area contributed by atoms with Gasteiger partial charge in [0.05, 0.1) is 6.61 Å². The average Bonchev–Trinajstić information content (AvgIpc) is 2.38. The van der Waals surface area contributed by atoms with Crippen molar-refractivity contribution in [3.63, 3.8) is 0 Å². The first-order valence-corrected chi connectivity index (χ1v) is 14.9. The molecule has 0 bridgehead atoms. The predicted molar refractivity (Wildman–Crippen MR) is 94.8 cm³/mol. The summed E-state index contributed by atoms with van der Waals surface area (Å²) in [6.45, 7) is 13.3. The highest BCUT2D eigenvalue weighted by Crippen LogP contribution is 2.31. The van der Waals surface area contributed by atoms with Crippen LogP contribution in [0.4, 0.5) is 0 Å². The summed E-state index contributed by atoms with van der Waals surface area (Å²) in [5.41, 5.74) is 0. The molecular weight excluding hydrogens is 332 g/mol. The van der Waals surface area contributed by atoms with Crippen molar-refractivity contribution in [2.24, 2.45) is 0 Å². The Kier molecular flexibility index (Phi) is 7.87. The van der Waals surface area contributed by atoms with Crippen LogP contribution in [0.1, 0.15) is 0 Å². The molecule has 0 N–H and O–H groups in total. The fourth-order valence-corrected chi connectivity index (χ4v) is 4.68. The molecule has 1 heterocycles. The van der Waals surface area contributed by atoms with E-state index in [1.165, 1.54) is 0 Å². The first-order valence-electron chi connectivity index (χ1n) is 8.08. The quantitative estimate of drug-likeness (QED) is 0.615. The van der Waals surface area contributed by atoms with E-state index in [0.717, 1.165) is 0 Å². The van der Waals surface area contributed by atoms with E-state index in [0.29, 0.717) is 6.61 Å². The molecular formula is C15H34O6Si2. The summed E-state index contributed by atoms with van der Waals surface area (Å²) in [5.74, 6) is 0. The maximum absolute atomic E-state index is 6.34. The molecule has 6 nitrogen and oxygen atoms in total. The maximum atomic E-state index is 6.34. The summed E-state index contributed by atoms with van der Waals surface area (Å²) in [4.78, 5) is 0. The Hall–Kier alpha value is 0.194. The number of ether oxygens (including phenoxy) is 4. The highest BCUT2D eigenvalue weighted by molar-refractivity contribution is 6.70. The zero-order chi connectivity index (χ0) is 17.8. The summed E-state index contributed by atoms with van der Waals surface area (Å²) >= 11 is 0. The minimum absolute atomic E-state index is 0.238. The normalized spacial score (nSPS) is 33.0. The second kappa shape index (κ2) is 8.53. The van der Waals surface area contributed by atoms with Gasteiger partial charge in [0.25, 0.3) is 0 Å². The van der Waals surface area contributed by atoms with Gasteiger partial charge in [0.15, 0.2) is 22.9 Å². The van der Waals surface area contributed by atoms with E-state index < -0.39 is 22.9 Å². The van der Waals surface area contributed by atoms with Gasteiger partial charge in [-0.05, 0) is 39.3 Å². The number of methoxy groups -OCH3 is 3. The lowest BCUT2D eigenvalue weighted by atomic mass is 9.99. The molecule has 1 aliphatic rings. The molecule has 0 aliphatic carbocycles. The van der Waals surface area contributed by atoms with Crippen LogP contribution in [0.15, 0.2) is 0 Å². The Labute approximate surface area is 143 Å². The van der Waals surface area contributed by atoms with Gasteiger partial charge in [-0.25, -0.2) is 0 Å². The van der Waals surface area contributed by atoms with Gasteiger partial charge in [-0.2, -0.15) is 0 Å². The Balaban J connectivity index is 3.06. The molecule has 0 saturated carbocycles. The van der Waals surface area contributed by atoms with Gasteiger partial charge in [-0.1, -0.05) is 0 Å². The standard InChI is InChI=1S/C15H34O6Si2/c1-16-10-11-12(20-22(4,5)6)13(17-2)14(18-3)15(19-11)21-23(7,8)9/h11-15H,10H2,1-9H3/t11-,12-,13+,14-,15?/m1/s1. The minimum Gasteiger partial charge on any atom is -0.409 e. The minimum atomic E-state index is -1.80. The lowest BCUT2D eigenvalue weighted by Crippen LogP contribution is -2.64. The van der Waals surface area contributed by atoms with E-state index in [1.54, 1.807) is 21.3 Å². The van der Waals surface area contributed by atoms with Crippen LogP contribution in [-0.2, 0) is 27.8 Å². The third-order valence-corrected chi connectivity index (χ3v) is 5.34. The molecule has 1 aliphatic heterocycles. The molecule has 0 aromatic rings. The fraction of sp³-hybridized carbons (Fsp3) is 1.00. The van der Waals surface area contributed by atoms with Crippen LogP contribution in [0.3, 0.4) is 0 Å². The van der Waals surface area contributed by atoms with Gasteiger partial charge in [0.1, 0.15) is 24.4 Å². The van der Waals surface area contributed by atoms with Crippen LogP contribution in [-0.4, -0.2) is 75.3 Å². The van der Waals surface area contributed by atoms with Gasteiger partial charge in [0, 0.05) is 21.3 Å². The van der Waals surface area contributed by atoms with Crippen molar-refractivity contribution in [2.75, 3.05) is 27.9 Å². The van der Waals surface area contributed by atoms with Gasteiger partial charge in [0.2, 0.25) is 0 Å². The molecule has 138 valence electrons. The third kappa shape index (κ3) is 6.54. The van der Waals surface area contributed by atoms with E-state index in [-0.39, 0.29) is 24.4 Å². The molecule has 1 rings (SSSR count). The Bertz CT molecular complexity index is 355. The van der Waals surface area contributed by atoms with Gasteiger partial charge >= 0.3 is 0 Å². The van der Waals surface area contributed by atoms with Crippen molar-refractivity contribution < 1.29 is 27.8 Å². The molecule has 0 aromatic heterocycles. The SMILES string of the molecule is COC[C@H]1OC(O[Si](C)(C)C)[C@H](OC)[C@@H](OC)[C@@H]1O[Si](C)(C)C. The van der Waals surface area contributed by atoms with Crippen molar-refractivity contribution in [1.29, 1.82) is 0 Å². The summed E-state index contributed by atoms with van der Waals surface area (Å²) in [5, 5.41) is 0. The van der Waals surface area contributed by atoms with Crippen LogP contribution < -0.4 is 0 Å². The van der Waals surface area contributed by atoms with Gasteiger partial charge in [-0.15, -0.1) is 0 Å². The summed E-state index contributed by atoms with van der Waals surface area (Å²) in [6.07, 6.45) is -1.55. The lowest BCUT2D eigenvalue weighted by Gasteiger charge is -2.48. The van der Waals surface area contributed by atoms with E-state index in [1.807, 2.05) is 0 Å². The van der Waals surface area contributed by atoms with E-state index in [2.05, 4.69) is 39.3 Å². The predicted octanol–water partition coefficient (Wildman–Crippen LogP) is 2.46.